The van der Waals surface area contributed by atoms with E-state index in [1.165, 1.54) is 0 Å². The fraction of sp³-hybridized carbons (Fsp3) is 0.238. The van der Waals surface area contributed by atoms with Crippen molar-refractivity contribution in [2.75, 3.05) is 6.61 Å². The maximum atomic E-state index is 12.0. The van der Waals surface area contributed by atoms with Gasteiger partial charge in [-0.2, -0.15) is 0 Å². The second-order valence-corrected chi connectivity index (χ2v) is 6.30. The summed E-state index contributed by atoms with van der Waals surface area (Å²) in [7, 11) is 0. The van der Waals surface area contributed by atoms with Crippen molar-refractivity contribution in [1.29, 1.82) is 0 Å². The Morgan fingerprint density at radius 2 is 1.92 bits per heavy atom. The van der Waals surface area contributed by atoms with Crippen molar-refractivity contribution in [2.45, 2.75) is 26.4 Å². The van der Waals surface area contributed by atoms with Crippen molar-refractivity contribution in [3.63, 3.8) is 0 Å². The maximum absolute atomic E-state index is 12.0. The van der Waals surface area contributed by atoms with Crippen molar-refractivity contribution >= 4 is 17.9 Å². The minimum Gasteiger partial charge on any atom is -0.489 e. The van der Waals surface area contributed by atoms with Crippen LogP contribution >= 0.6 is 0 Å². The molecule has 1 aliphatic heterocycles. The molecule has 2 aromatic rings. The van der Waals surface area contributed by atoms with Crippen molar-refractivity contribution in [3.8, 4) is 11.5 Å². The Morgan fingerprint density at radius 1 is 1.12 bits per heavy atom. The van der Waals surface area contributed by atoms with Gasteiger partial charge in [-0.3, -0.25) is 14.9 Å². The average Bonchev–Trinajstić information content (AvgIpc) is 2.91. The molecule has 3 rings (SSSR count). The van der Waals surface area contributed by atoms with E-state index in [1.807, 2.05) is 38.1 Å². The predicted molar refractivity (Wildman–Crippen MR) is 99.7 cm³/mol. The normalized spacial score (nSPS) is 12.7. The third-order valence-corrected chi connectivity index (χ3v) is 4.04. The third kappa shape index (κ3) is 3.61. The molecule has 0 saturated heterocycles. The molecule has 5 heteroatoms. The fourth-order valence-electron chi connectivity index (χ4n) is 2.89. The van der Waals surface area contributed by atoms with Crippen LogP contribution in [0.1, 0.15) is 45.7 Å². The molecule has 2 amide bonds. The smallest absolute Gasteiger partial charge is 0.259 e. The molecule has 0 aliphatic carbocycles. The van der Waals surface area contributed by atoms with Gasteiger partial charge in [0.05, 0.1) is 23.8 Å². The highest BCUT2D eigenvalue weighted by atomic mass is 16.5. The van der Waals surface area contributed by atoms with Crippen LogP contribution in [-0.2, 0) is 6.42 Å². The van der Waals surface area contributed by atoms with Gasteiger partial charge in [0.2, 0.25) is 0 Å². The molecule has 0 fully saturated rings. The Balaban J connectivity index is 1.76. The summed E-state index contributed by atoms with van der Waals surface area (Å²) in [4.78, 5) is 23.7. The molecule has 5 nitrogen and oxygen atoms in total. The zero-order chi connectivity index (χ0) is 18.7. The molecular formula is C21H21NO4. The number of rotatable bonds is 7. The van der Waals surface area contributed by atoms with Crippen LogP contribution in [0.2, 0.25) is 0 Å². The SMILES string of the molecule is C=Cc1ccc(OC(C)C)c(OCCc2cccc3c2C(=O)NC3=O)c1. The average molecular weight is 351 g/mol. The summed E-state index contributed by atoms with van der Waals surface area (Å²) < 4.78 is 11.7. The predicted octanol–water partition coefficient (Wildman–Crippen LogP) is 3.62. The number of fused-ring (bicyclic) bond motifs is 1. The van der Waals surface area contributed by atoms with Crippen LogP contribution in [-0.4, -0.2) is 24.5 Å². The van der Waals surface area contributed by atoms with E-state index >= 15 is 0 Å². The molecule has 0 atom stereocenters. The van der Waals surface area contributed by atoms with Gasteiger partial charge in [0.25, 0.3) is 11.8 Å². The lowest BCUT2D eigenvalue weighted by Gasteiger charge is -2.16. The second kappa shape index (κ2) is 7.44. The zero-order valence-electron chi connectivity index (χ0n) is 14.9. The van der Waals surface area contributed by atoms with Crippen LogP contribution in [0.3, 0.4) is 0 Å². The van der Waals surface area contributed by atoms with Gasteiger partial charge in [-0.15, -0.1) is 0 Å². The molecule has 0 aromatic heterocycles. The van der Waals surface area contributed by atoms with E-state index in [4.69, 9.17) is 9.47 Å². The van der Waals surface area contributed by atoms with Crippen LogP contribution in [0, 0.1) is 0 Å². The van der Waals surface area contributed by atoms with E-state index in [2.05, 4.69) is 11.9 Å². The first kappa shape index (κ1) is 17.7. The summed E-state index contributed by atoms with van der Waals surface area (Å²) in [5.74, 6) is 0.596. The first-order chi connectivity index (χ1) is 12.5. The van der Waals surface area contributed by atoms with Gasteiger partial charge in [-0.25, -0.2) is 0 Å². The second-order valence-electron chi connectivity index (χ2n) is 6.30. The number of carbonyl (C=O) groups excluding carboxylic acids is 2. The van der Waals surface area contributed by atoms with Crippen LogP contribution in [0.4, 0.5) is 0 Å². The Morgan fingerprint density at radius 3 is 2.65 bits per heavy atom. The standard InChI is InChI=1S/C21H21NO4/c1-4-14-8-9-17(26-13(2)3)18(12-14)25-11-10-15-6-5-7-16-19(15)21(24)22-20(16)23/h4-9,12-13H,1,10-11H2,2-3H3,(H,22,23,24). The van der Waals surface area contributed by atoms with Crippen LogP contribution in [0.15, 0.2) is 43.0 Å². The highest BCUT2D eigenvalue weighted by molar-refractivity contribution is 6.22. The summed E-state index contributed by atoms with van der Waals surface area (Å²) in [6.07, 6.45) is 2.27. The number of carbonyl (C=O) groups is 2. The minimum absolute atomic E-state index is 0.0269. The molecule has 134 valence electrons. The molecule has 1 N–H and O–H groups in total. The summed E-state index contributed by atoms with van der Waals surface area (Å²) in [6.45, 7) is 8.03. The number of imide groups is 1. The number of hydrogen-bond acceptors (Lipinski definition) is 4. The van der Waals surface area contributed by atoms with E-state index in [9.17, 15) is 9.59 Å². The lowest BCUT2D eigenvalue weighted by Crippen LogP contribution is -2.20. The summed E-state index contributed by atoms with van der Waals surface area (Å²) in [5.41, 5.74) is 2.59. The lowest BCUT2D eigenvalue weighted by molar-refractivity contribution is 0.0879. The number of nitrogens with one attached hydrogen (secondary N) is 1. The highest BCUT2D eigenvalue weighted by Crippen LogP contribution is 2.30. The number of benzene rings is 2. The topological polar surface area (TPSA) is 64.6 Å². The number of hydrogen-bond donors (Lipinski definition) is 1. The molecule has 0 bridgehead atoms. The Kier molecular flexibility index (Phi) is 5.07. The third-order valence-electron chi connectivity index (χ3n) is 4.04. The van der Waals surface area contributed by atoms with Gasteiger partial charge < -0.3 is 9.47 Å². The van der Waals surface area contributed by atoms with Crippen molar-refractivity contribution in [1.82, 2.24) is 5.32 Å². The molecule has 1 aliphatic rings. The van der Waals surface area contributed by atoms with Crippen LogP contribution in [0.5, 0.6) is 11.5 Å². The van der Waals surface area contributed by atoms with Crippen LogP contribution < -0.4 is 14.8 Å². The first-order valence-electron chi connectivity index (χ1n) is 8.53. The molecule has 0 radical (unpaired) electrons. The highest BCUT2D eigenvalue weighted by Gasteiger charge is 2.28. The largest absolute Gasteiger partial charge is 0.489 e. The summed E-state index contributed by atoms with van der Waals surface area (Å²) >= 11 is 0. The number of ether oxygens (including phenoxy) is 2. The minimum atomic E-state index is -0.349. The van der Waals surface area contributed by atoms with Crippen molar-refractivity contribution < 1.29 is 19.1 Å². The Hall–Kier alpha value is -3.08. The zero-order valence-corrected chi connectivity index (χ0v) is 14.9. The van der Waals surface area contributed by atoms with Crippen molar-refractivity contribution in [3.05, 3.63) is 65.2 Å². The van der Waals surface area contributed by atoms with Gasteiger partial charge in [-0.05, 0) is 43.2 Å². The maximum Gasteiger partial charge on any atom is 0.259 e. The van der Waals surface area contributed by atoms with E-state index in [0.29, 0.717) is 35.7 Å². The van der Waals surface area contributed by atoms with E-state index in [0.717, 1.165) is 11.1 Å². The molecule has 26 heavy (non-hydrogen) atoms. The van der Waals surface area contributed by atoms with E-state index < -0.39 is 0 Å². The van der Waals surface area contributed by atoms with Gasteiger partial charge in [0, 0.05) is 6.42 Å². The number of amides is 2. The van der Waals surface area contributed by atoms with Gasteiger partial charge >= 0.3 is 0 Å². The van der Waals surface area contributed by atoms with E-state index in [-0.39, 0.29) is 17.9 Å². The van der Waals surface area contributed by atoms with Gasteiger partial charge in [0.15, 0.2) is 11.5 Å². The first-order valence-corrected chi connectivity index (χ1v) is 8.53. The molecule has 0 spiro atoms. The lowest BCUT2D eigenvalue weighted by atomic mass is 10.0. The molecule has 1 heterocycles. The van der Waals surface area contributed by atoms with Gasteiger partial charge in [-0.1, -0.05) is 30.9 Å². The quantitative estimate of drug-likeness (QED) is 0.774. The monoisotopic (exact) mass is 351 g/mol. The Bertz CT molecular complexity index is 870. The Labute approximate surface area is 152 Å². The summed E-state index contributed by atoms with van der Waals surface area (Å²) in [5, 5.41) is 2.33. The molecular weight excluding hydrogens is 330 g/mol. The molecule has 0 unspecified atom stereocenters. The fourth-order valence-corrected chi connectivity index (χ4v) is 2.89. The van der Waals surface area contributed by atoms with Crippen molar-refractivity contribution in [2.24, 2.45) is 0 Å². The molecule has 0 saturated carbocycles. The van der Waals surface area contributed by atoms with Crippen LogP contribution in [0.25, 0.3) is 6.08 Å². The summed E-state index contributed by atoms with van der Waals surface area (Å²) in [6, 6.07) is 10.9. The molecule has 2 aromatic carbocycles. The van der Waals surface area contributed by atoms with Gasteiger partial charge in [0.1, 0.15) is 0 Å². The van der Waals surface area contributed by atoms with E-state index in [1.54, 1.807) is 18.2 Å².